The van der Waals surface area contributed by atoms with E-state index >= 15 is 0 Å². The van der Waals surface area contributed by atoms with Gasteiger partial charge in [0, 0.05) is 6.54 Å². The first-order valence-corrected chi connectivity index (χ1v) is 8.15. The molecule has 0 radical (unpaired) electrons. The van der Waals surface area contributed by atoms with Crippen molar-refractivity contribution in [2.45, 2.75) is 38.6 Å². The monoisotopic (exact) mass is 341 g/mol. The van der Waals surface area contributed by atoms with Gasteiger partial charge in [-0.2, -0.15) is 0 Å². The lowest BCUT2D eigenvalue weighted by Crippen LogP contribution is -2.17. The van der Waals surface area contributed by atoms with Crippen molar-refractivity contribution in [3.63, 3.8) is 0 Å². The van der Waals surface area contributed by atoms with Gasteiger partial charge in [-0.1, -0.05) is 25.7 Å². The van der Waals surface area contributed by atoms with Crippen molar-refractivity contribution in [1.82, 2.24) is 5.32 Å². The number of benzene rings is 1. The highest BCUT2D eigenvalue weighted by Gasteiger charge is 2.14. The third-order valence-electron chi connectivity index (χ3n) is 4.03. The fraction of sp³-hybridized carbons (Fsp3) is 0.625. The van der Waals surface area contributed by atoms with Gasteiger partial charge in [-0.05, 0) is 52.5 Å². The van der Waals surface area contributed by atoms with E-state index in [1.54, 1.807) is 14.2 Å². The predicted octanol–water partition coefficient (Wildman–Crippen LogP) is 4.14. The van der Waals surface area contributed by atoms with E-state index in [9.17, 15) is 0 Å². The van der Waals surface area contributed by atoms with Crippen LogP contribution in [0.25, 0.3) is 0 Å². The lowest BCUT2D eigenvalue weighted by atomic mass is 10.0. The van der Waals surface area contributed by atoms with Crippen molar-refractivity contribution in [2.75, 3.05) is 20.8 Å². The van der Waals surface area contributed by atoms with E-state index in [1.807, 2.05) is 6.07 Å². The van der Waals surface area contributed by atoms with Crippen LogP contribution in [0.4, 0.5) is 0 Å². The first-order valence-electron chi connectivity index (χ1n) is 7.35. The zero-order chi connectivity index (χ0) is 14.4. The van der Waals surface area contributed by atoms with E-state index in [0.717, 1.165) is 35.0 Å². The van der Waals surface area contributed by atoms with Crippen molar-refractivity contribution in [2.24, 2.45) is 5.92 Å². The van der Waals surface area contributed by atoms with Crippen molar-refractivity contribution in [3.8, 4) is 11.5 Å². The summed E-state index contributed by atoms with van der Waals surface area (Å²) in [6.07, 6.45) is 6.99. The van der Waals surface area contributed by atoms with Gasteiger partial charge in [0.1, 0.15) is 0 Å². The van der Waals surface area contributed by atoms with Crippen LogP contribution >= 0.6 is 15.9 Å². The van der Waals surface area contributed by atoms with Gasteiger partial charge in [0.25, 0.3) is 0 Å². The fourth-order valence-corrected chi connectivity index (χ4v) is 3.56. The molecule has 20 heavy (non-hydrogen) atoms. The first kappa shape index (κ1) is 15.6. The van der Waals surface area contributed by atoms with Gasteiger partial charge in [0.2, 0.25) is 0 Å². The topological polar surface area (TPSA) is 30.5 Å². The van der Waals surface area contributed by atoms with Gasteiger partial charge in [-0.3, -0.25) is 0 Å². The molecule has 0 aromatic heterocycles. The molecule has 1 aromatic carbocycles. The molecular formula is C16H24BrNO2. The SMILES string of the molecule is COc1cc(CNCCC2CCCC2)cc(Br)c1OC. The summed E-state index contributed by atoms with van der Waals surface area (Å²) in [6.45, 7) is 1.96. The number of hydrogen-bond donors (Lipinski definition) is 1. The van der Waals surface area contributed by atoms with Gasteiger partial charge >= 0.3 is 0 Å². The van der Waals surface area contributed by atoms with Crippen molar-refractivity contribution in [1.29, 1.82) is 0 Å². The van der Waals surface area contributed by atoms with E-state index < -0.39 is 0 Å². The third kappa shape index (κ3) is 4.13. The molecule has 1 aliphatic carbocycles. The molecule has 0 aliphatic heterocycles. The number of halogens is 1. The molecule has 3 nitrogen and oxygen atoms in total. The zero-order valence-electron chi connectivity index (χ0n) is 12.4. The smallest absolute Gasteiger partial charge is 0.174 e. The van der Waals surface area contributed by atoms with Crippen molar-refractivity contribution >= 4 is 15.9 Å². The minimum Gasteiger partial charge on any atom is -0.493 e. The van der Waals surface area contributed by atoms with E-state index in [0.29, 0.717) is 0 Å². The predicted molar refractivity (Wildman–Crippen MR) is 85.5 cm³/mol. The molecule has 1 aliphatic rings. The Kier molecular flexibility index (Phi) is 6.17. The average Bonchev–Trinajstić information content (AvgIpc) is 2.96. The van der Waals surface area contributed by atoms with Crippen LogP contribution in [0.15, 0.2) is 16.6 Å². The molecule has 2 rings (SSSR count). The Bertz CT molecular complexity index is 431. The van der Waals surface area contributed by atoms with Crippen molar-refractivity contribution < 1.29 is 9.47 Å². The van der Waals surface area contributed by atoms with Gasteiger partial charge in [-0.15, -0.1) is 0 Å². The van der Waals surface area contributed by atoms with Gasteiger partial charge in [0.05, 0.1) is 18.7 Å². The van der Waals surface area contributed by atoms with Crippen LogP contribution in [-0.4, -0.2) is 20.8 Å². The van der Waals surface area contributed by atoms with E-state index in [1.165, 1.54) is 37.7 Å². The molecule has 1 aromatic rings. The second kappa shape index (κ2) is 7.89. The van der Waals surface area contributed by atoms with Gasteiger partial charge in [-0.25, -0.2) is 0 Å². The summed E-state index contributed by atoms with van der Waals surface area (Å²) in [5, 5.41) is 3.53. The molecule has 1 fully saturated rings. The maximum atomic E-state index is 5.36. The second-order valence-corrected chi connectivity index (χ2v) is 6.28. The van der Waals surface area contributed by atoms with Gasteiger partial charge in [0.15, 0.2) is 11.5 Å². The summed E-state index contributed by atoms with van der Waals surface area (Å²) >= 11 is 3.53. The van der Waals surface area contributed by atoms with E-state index in [4.69, 9.17) is 9.47 Å². The number of nitrogens with one attached hydrogen (secondary N) is 1. The van der Waals surface area contributed by atoms with Crippen LogP contribution in [0.2, 0.25) is 0 Å². The maximum Gasteiger partial charge on any atom is 0.174 e. The molecule has 0 atom stereocenters. The molecule has 0 heterocycles. The Morgan fingerprint density at radius 3 is 2.60 bits per heavy atom. The molecule has 0 spiro atoms. The molecule has 0 amide bonds. The fourth-order valence-electron chi connectivity index (χ4n) is 2.91. The summed E-state index contributed by atoms with van der Waals surface area (Å²) in [4.78, 5) is 0. The molecule has 0 unspecified atom stereocenters. The number of hydrogen-bond acceptors (Lipinski definition) is 3. The Morgan fingerprint density at radius 2 is 1.95 bits per heavy atom. The normalized spacial score (nSPS) is 15.6. The van der Waals surface area contributed by atoms with Crippen LogP contribution < -0.4 is 14.8 Å². The molecule has 1 N–H and O–H groups in total. The first-order chi connectivity index (χ1) is 9.74. The van der Waals surface area contributed by atoms with Crippen LogP contribution in [0, 0.1) is 5.92 Å². The van der Waals surface area contributed by atoms with Crippen molar-refractivity contribution in [3.05, 3.63) is 22.2 Å². The lowest BCUT2D eigenvalue weighted by molar-refractivity contribution is 0.352. The number of ether oxygens (including phenoxy) is 2. The minimum atomic E-state index is 0.752. The third-order valence-corrected chi connectivity index (χ3v) is 4.62. The van der Waals surface area contributed by atoms with Crippen LogP contribution in [-0.2, 0) is 6.54 Å². The largest absolute Gasteiger partial charge is 0.493 e. The summed E-state index contributed by atoms with van der Waals surface area (Å²) in [5.41, 5.74) is 1.21. The van der Waals surface area contributed by atoms with Crippen LogP contribution in [0.1, 0.15) is 37.7 Å². The molecular weight excluding hydrogens is 318 g/mol. The Morgan fingerprint density at radius 1 is 1.20 bits per heavy atom. The quantitative estimate of drug-likeness (QED) is 0.756. The maximum absolute atomic E-state index is 5.36. The second-order valence-electron chi connectivity index (χ2n) is 5.43. The average molecular weight is 342 g/mol. The highest BCUT2D eigenvalue weighted by Crippen LogP contribution is 2.36. The highest BCUT2D eigenvalue weighted by molar-refractivity contribution is 9.10. The highest BCUT2D eigenvalue weighted by atomic mass is 79.9. The molecule has 112 valence electrons. The standard InChI is InChI=1S/C16H24BrNO2/c1-19-15-10-13(9-14(17)16(15)20-2)11-18-8-7-12-5-3-4-6-12/h9-10,12,18H,3-8,11H2,1-2H3. The van der Waals surface area contributed by atoms with E-state index in [2.05, 4.69) is 27.3 Å². The Hall–Kier alpha value is -0.740. The summed E-state index contributed by atoms with van der Waals surface area (Å²) in [7, 11) is 3.32. The molecule has 1 saturated carbocycles. The molecule has 4 heteroatoms. The Labute approximate surface area is 130 Å². The van der Waals surface area contributed by atoms with Crippen LogP contribution in [0.5, 0.6) is 11.5 Å². The summed E-state index contributed by atoms with van der Waals surface area (Å²) in [5.74, 6) is 2.47. The van der Waals surface area contributed by atoms with Crippen LogP contribution in [0.3, 0.4) is 0 Å². The summed E-state index contributed by atoms with van der Waals surface area (Å²) < 4.78 is 11.6. The van der Waals surface area contributed by atoms with E-state index in [-0.39, 0.29) is 0 Å². The molecule has 0 saturated heterocycles. The lowest BCUT2D eigenvalue weighted by Gasteiger charge is -2.13. The summed E-state index contributed by atoms with van der Waals surface area (Å²) in [6, 6.07) is 4.12. The minimum absolute atomic E-state index is 0.752. The van der Waals surface area contributed by atoms with Gasteiger partial charge < -0.3 is 14.8 Å². The zero-order valence-corrected chi connectivity index (χ0v) is 14.0. The number of methoxy groups -OCH3 is 2. The Balaban J connectivity index is 1.84. The number of rotatable bonds is 7. The molecule has 0 bridgehead atoms.